The second-order valence-corrected chi connectivity index (χ2v) is 2.72. The van der Waals surface area contributed by atoms with Crippen LogP contribution in [0.4, 0.5) is 5.82 Å². The third-order valence-electron chi connectivity index (χ3n) is 1.85. The molecule has 3 heteroatoms. The van der Waals surface area contributed by atoms with E-state index in [0.717, 1.165) is 18.9 Å². The Morgan fingerprint density at radius 3 is 2.82 bits per heavy atom. The van der Waals surface area contributed by atoms with Crippen LogP contribution in [0.2, 0.25) is 0 Å². The topological polar surface area (TPSA) is 48.1 Å². The zero-order valence-electron chi connectivity index (χ0n) is 6.16. The molecule has 0 unspecified atom stereocenters. The number of nitrogens with zero attached hydrogens (tertiary/aromatic N) is 1. The van der Waals surface area contributed by atoms with Crippen molar-refractivity contribution in [1.82, 2.24) is 4.98 Å². The highest BCUT2D eigenvalue weighted by molar-refractivity contribution is 5.30. The fourth-order valence-corrected chi connectivity index (χ4v) is 1.10. The Kier molecular flexibility index (Phi) is 1.51. The van der Waals surface area contributed by atoms with E-state index in [0.29, 0.717) is 11.7 Å². The molecular formula is C8H10N2O. The average molecular weight is 150 g/mol. The number of nitrogen functional groups attached to an aromatic ring is 1. The third kappa shape index (κ3) is 1.19. The Balaban J connectivity index is 2.23. The molecule has 0 saturated carbocycles. The van der Waals surface area contributed by atoms with E-state index in [2.05, 4.69) is 4.98 Å². The lowest BCUT2D eigenvalue weighted by atomic mass is 10.0. The van der Waals surface area contributed by atoms with Crippen molar-refractivity contribution in [2.75, 3.05) is 18.9 Å². The Bertz CT molecular complexity index is 258. The van der Waals surface area contributed by atoms with Crippen molar-refractivity contribution in [3.63, 3.8) is 0 Å². The summed E-state index contributed by atoms with van der Waals surface area (Å²) < 4.78 is 5.05. The lowest BCUT2D eigenvalue weighted by Gasteiger charge is -2.25. The summed E-state index contributed by atoms with van der Waals surface area (Å²) in [4.78, 5) is 4.19. The van der Waals surface area contributed by atoms with Crippen LogP contribution in [0.5, 0.6) is 0 Å². The normalized spacial score (nSPS) is 17.8. The predicted molar refractivity (Wildman–Crippen MR) is 42.2 cm³/mol. The zero-order chi connectivity index (χ0) is 7.68. The minimum Gasteiger partial charge on any atom is -0.384 e. The Labute approximate surface area is 65.2 Å². The number of nitrogens with two attached hydrogens (primary N) is 1. The zero-order valence-corrected chi connectivity index (χ0v) is 6.16. The minimum absolute atomic E-state index is 0.471. The van der Waals surface area contributed by atoms with E-state index >= 15 is 0 Å². The predicted octanol–water partition coefficient (Wildman–Crippen LogP) is 0.778. The molecule has 11 heavy (non-hydrogen) atoms. The van der Waals surface area contributed by atoms with Crippen molar-refractivity contribution in [2.24, 2.45) is 0 Å². The van der Waals surface area contributed by atoms with Gasteiger partial charge in [-0.25, -0.2) is 4.98 Å². The maximum Gasteiger partial charge on any atom is 0.123 e. The highest BCUT2D eigenvalue weighted by Crippen LogP contribution is 2.22. The van der Waals surface area contributed by atoms with Crippen molar-refractivity contribution in [1.29, 1.82) is 0 Å². The Hall–Kier alpha value is -1.09. The van der Waals surface area contributed by atoms with Crippen LogP contribution in [0.15, 0.2) is 18.2 Å². The molecule has 2 N–H and O–H groups in total. The van der Waals surface area contributed by atoms with Gasteiger partial charge in [-0.05, 0) is 12.1 Å². The van der Waals surface area contributed by atoms with Gasteiger partial charge in [-0.1, -0.05) is 6.07 Å². The molecule has 0 aromatic carbocycles. The van der Waals surface area contributed by atoms with Gasteiger partial charge in [0.05, 0.1) is 18.9 Å². The Morgan fingerprint density at radius 2 is 2.27 bits per heavy atom. The molecule has 0 amide bonds. The molecule has 1 aromatic rings. The van der Waals surface area contributed by atoms with Crippen LogP contribution in [-0.2, 0) is 4.74 Å². The number of rotatable bonds is 1. The number of aromatic nitrogens is 1. The second kappa shape index (κ2) is 2.51. The highest BCUT2D eigenvalue weighted by atomic mass is 16.5. The fourth-order valence-electron chi connectivity index (χ4n) is 1.10. The number of hydrogen-bond donors (Lipinski definition) is 1. The van der Waals surface area contributed by atoms with Gasteiger partial charge in [0.25, 0.3) is 0 Å². The summed E-state index contributed by atoms with van der Waals surface area (Å²) in [6, 6.07) is 5.71. The van der Waals surface area contributed by atoms with E-state index in [-0.39, 0.29) is 0 Å². The molecular weight excluding hydrogens is 140 g/mol. The first-order chi connectivity index (χ1) is 5.36. The van der Waals surface area contributed by atoms with E-state index in [1.165, 1.54) is 0 Å². The van der Waals surface area contributed by atoms with Crippen LogP contribution < -0.4 is 5.73 Å². The summed E-state index contributed by atoms with van der Waals surface area (Å²) in [5, 5.41) is 0. The van der Waals surface area contributed by atoms with Gasteiger partial charge in [-0.3, -0.25) is 0 Å². The summed E-state index contributed by atoms with van der Waals surface area (Å²) >= 11 is 0. The summed E-state index contributed by atoms with van der Waals surface area (Å²) in [6.07, 6.45) is 0. The van der Waals surface area contributed by atoms with Crippen LogP contribution >= 0.6 is 0 Å². The number of ether oxygens (including phenoxy) is 1. The molecule has 58 valence electrons. The molecule has 2 rings (SSSR count). The molecule has 1 saturated heterocycles. The van der Waals surface area contributed by atoms with Crippen molar-refractivity contribution >= 4 is 5.82 Å². The van der Waals surface area contributed by atoms with Gasteiger partial charge < -0.3 is 10.5 Å². The minimum atomic E-state index is 0.471. The van der Waals surface area contributed by atoms with Crippen LogP contribution in [0, 0.1) is 0 Å². The maximum atomic E-state index is 5.52. The molecule has 0 aliphatic carbocycles. The molecule has 1 aliphatic heterocycles. The van der Waals surface area contributed by atoms with E-state index in [4.69, 9.17) is 10.5 Å². The van der Waals surface area contributed by atoms with Gasteiger partial charge in [0.1, 0.15) is 5.82 Å². The maximum absolute atomic E-state index is 5.52. The van der Waals surface area contributed by atoms with Crippen molar-refractivity contribution < 1.29 is 4.74 Å². The number of hydrogen-bond acceptors (Lipinski definition) is 3. The van der Waals surface area contributed by atoms with E-state index < -0.39 is 0 Å². The van der Waals surface area contributed by atoms with Crippen molar-refractivity contribution in [3.8, 4) is 0 Å². The fraction of sp³-hybridized carbons (Fsp3) is 0.375. The summed E-state index contributed by atoms with van der Waals surface area (Å²) in [5.74, 6) is 1.06. The molecule has 0 spiro atoms. The van der Waals surface area contributed by atoms with Crippen LogP contribution in [0.3, 0.4) is 0 Å². The Morgan fingerprint density at radius 1 is 1.45 bits per heavy atom. The third-order valence-corrected chi connectivity index (χ3v) is 1.85. The monoisotopic (exact) mass is 150 g/mol. The van der Waals surface area contributed by atoms with E-state index in [1.54, 1.807) is 6.07 Å². The first kappa shape index (κ1) is 6.61. The molecule has 0 radical (unpaired) electrons. The standard InChI is InChI=1S/C8H10N2O/c9-8-3-1-2-7(10-8)6-4-11-5-6/h1-3,6H,4-5H2,(H2,9,10). The first-order valence-corrected chi connectivity index (χ1v) is 3.66. The van der Waals surface area contributed by atoms with Crippen LogP contribution in [0.1, 0.15) is 11.6 Å². The molecule has 2 heterocycles. The second-order valence-electron chi connectivity index (χ2n) is 2.72. The van der Waals surface area contributed by atoms with Crippen molar-refractivity contribution in [2.45, 2.75) is 5.92 Å². The number of anilines is 1. The quantitative estimate of drug-likeness (QED) is 0.643. The molecule has 1 aliphatic rings. The van der Waals surface area contributed by atoms with E-state index in [1.807, 2.05) is 12.1 Å². The van der Waals surface area contributed by atoms with Crippen molar-refractivity contribution in [3.05, 3.63) is 23.9 Å². The summed E-state index contributed by atoms with van der Waals surface area (Å²) in [7, 11) is 0. The molecule has 0 bridgehead atoms. The van der Waals surface area contributed by atoms with Crippen LogP contribution in [-0.4, -0.2) is 18.2 Å². The van der Waals surface area contributed by atoms with Gasteiger partial charge >= 0.3 is 0 Å². The summed E-state index contributed by atoms with van der Waals surface area (Å²) in [5.41, 5.74) is 6.58. The van der Waals surface area contributed by atoms with Gasteiger partial charge in [0.2, 0.25) is 0 Å². The molecule has 0 atom stereocenters. The largest absolute Gasteiger partial charge is 0.384 e. The van der Waals surface area contributed by atoms with Gasteiger partial charge in [0.15, 0.2) is 0 Å². The van der Waals surface area contributed by atoms with Gasteiger partial charge in [0, 0.05) is 5.92 Å². The average Bonchev–Trinajstić information content (AvgIpc) is 1.83. The molecule has 1 aromatic heterocycles. The van der Waals surface area contributed by atoms with Gasteiger partial charge in [-0.2, -0.15) is 0 Å². The molecule has 3 nitrogen and oxygen atoms in total. The lowest BCUT2D eigenvalue weighted by molar-refractivity contribution is 0.00678. The summed E-state index contributed by atoms with van der Waals surface area (Å²) in [6.45, 7) is 1.58. The van der Waals surface area contributed by atoms with E-state index in [9.17, 15) is 0 Å². The lowest BCUT2D eigenvalue weighted by Crippen LogP contribution is -2.26. The SMILES string of the molecule is Nc1cccc(C2COC2)n1. The number of pyridine rings is 1. The van der Waals surface area contributed by atoms with Gasteiger partial charge in [-0.15, -0.1) is 0 Å². The molecule has 1 fully saturated rings. The van der Waals surface area contributed by atoms with Crippen LogP contribution in [0.25, 0.3) is 0 Å². The smallest absolute Gasteiger partial charge is 0.123 e. The highest BCUT2D eigenvalue weighted by Gasteiger charge is 2.21. The first-order valence-electron chi connectivity index (χ1n) is 3.66.